The van der Waals surface area contributed by atoms with Crippen LogP contribution >= 0.6 is 23.6 Å². The van der Waals surface area contributed by atoms with Gasteiger partial charge in [0, 0.05) is 21.4 Å². The minimum absolute atomic E-state index is 0.382. The quantitative estimate of drug-likeness (QED) is 0.805. The Bertz CT molecular complexity index is 552. The topological polar surface area (TPSA) is 28.7 Å². The first-order valence-electron chi connectivity index (χ1n) is 5.22. The lowest BCUT2D eigenvalue weighted by Crippen LogP contribution is -1.98. The summed E-state index contributed by atoms with van der Waals surface area (Å²) in [5.41, 5.74) is 3.45. The molecule has 0 aliphatic carbocycles. The lowest BCUT2D eigenvalue weighted by atomic mass is 10.0. The molecule has 0 radical (unpaired) electrons. The van der Waals surface area contributed by atoms with Crippen LogP contribution in [-0.2, 0) is 0 Å². The van der Waals surface area contributed by atoms with Crippen LogP contribution in [0.5, 0.6) is 0 Å². The largest absolute Gasteiger partial charge is 0.345 e. The molecular weight excluding hydrogens is 236 g/mol. The lowest BCUT2D eigenvalue weighted by molar-refractivity contribution is 0.844. The maximum absolute atomic E-state index is 5.29. The first-order chi connectivity index (χ1) is 7.59. The Hall–Kier alpha value is -1.00. The zero-order chi connectivity index (χ0) is 11.7. The third-order valence-corrected chi connectivity index (χ3v) is 3.67. The summed E-state index contributed by atoms with van der Waals surface area (Å²) < 4.78 is 0.701. The second kappa shape index (κ2) is 4.47. The van der Waals surface area contributed by atoms with Gasteiger partial charge in [-0.3, -0.25) is 0 Å². The van der Waals surface area contributed by atoms with E-state index in [1.165, 1.54) is 10.4 Å². The molecule has 0 aromatic carbocycles. The Labute approximate surface area is 104 Å². The van der Waals surface area contributed by atoms with Gasteiger partial charge in [-0.05, 0) is 18.9 Å². The van der Waals surface area contributed by atoms with Gasteiger partial charge < -0.3 is 4.98 Å². The highest BCUT2D eigenvalue weighted by Crippen LogP contribution is 2.30. The van der Waals surface area contributed by atoms with Gasteiger partial charge in [-0.15, -0.1) is 11.3 Å². The van der Waals surface area contributed by atoms with Gasteiger partial charge in [-0.1, -0.05) is 26.1 Å². The maximum atomic E-state index is 5.29. The molecule has 2 nitrogen and oxygen atoms in total. The number of thiophene rings is 1. The molecule has 2 rings (SSSR count). The minimum atomic E-state index is 0.382. The molecule has 84 valence electrons. The Morgan fingerprint density at radius 3 is 2.75 bits per heavy atom. The molecule has 0 spiro atoms. The molecule has 0 amide bonds. The van der Waals surface area contributed by atoms with Crippen molar-refractivity contribution in [2.45, 2.75) is 26.7 Å². The van der Waals surface area contributed by atoms with Gasteiger partial charge in [-0.2, -0.15) is 0 Å². The summed E-state index contributed by atoms with van der Waals surface area (Å²) >= 11 is 7.05. The first kappa shape index (κ1) is 11.5. The van der Waals surface area contributed by atoms with Crippen molar-refractivity contribution in [2.24, 2.45) is 0 Å². The summed E-state index contributed by atoms with van der Waals surface area (Å²) in [7, 11) is 0. The van der Waals surface area contributed by atoms with Crippen molar-refractivity contribution >= 4 is 23.6 Å². The van der Waals surface area contributed by atoms with Crippen LogP contribution in [0.25, 0.3) is 11.3 Å². The summed E-state index contributed by atoms with van der Waals surface area (Å²) in [4.78, 5) is 8.68. The van der Waals surface area contributed by atoms with Gasteiger partial charge in [0.1, 0.15) is 4.64 Å². The van der Waals surface area contributed by atoms with E-state index in [1.54, 1.807) is 17.7 Å². The fraction of sp³-hybridized carbons (Fsp3) is 0.333. The Balaban J connectivity index is 2.65. The zero-order valence-electron chi connectivity index (χ0n) is 9.57. The smallest absolute Gasteiger partial charge is 0.133 e. The van der Waals surface area contributed by atoms with Crippen molar-refractivity contribution in [1.29, 1.82) is 0 Å². The van der Waals surface area contributed by atoms with E-state index in [4.69, 9.17) is 12.2 Å². The average molecular weight is 250 g/mol. The van der Waals surface area contributed by atoms with Gasteiger partial charge >= 0.3 is 0 Å². The Kier molecular flexibility index (Phi) is 3.21. The predicted molar refractivity (Wildman–Crippen MR) is 71.6 cm³/mol. The van der Waals surface area contributed by atoms with Gasteiger partial charge in [-0.25, -0.2) is 4.98 Å². The van der Waals surface area contributed by atoms with Gasteiger partial charge in [0.05, 0.1) is 12.0 Å². The first-order valence-corrected chi connectivity index (χ1v) is 6.51. The number of hydrogen-bond acceptors (Lipinski definition) is 3. The van der Waals surface area contributed by atoms with Crippen LogP contribution < -0.4 is 0 Å². The van der Waals surface area contributed by atoms with Gasteiger partial charge in [0.2, 0.25) is 0 Å². The van der Waals surface area contributed by atoms with E-state index in [9.17, 15) is 0 Å². The van der Waals surface area contributed by atoms with E-state index in [2.05, 4.69) is 42.2 Å². The molecule has 2 heterocycles. The van der Waals surface area contributed by atoms with Crippen LogP contribution in [0.1, 0.15) is 30.2 Å². The van der Waals surface area contributed by atoms with E-state index >= 15 is 0 Å². The average Bonchev–Trinajstić information content (AvgIpc) is 2.63. The lowest BCUT2D eigenvalue weighted by Gasteiger charge is -2.10. The molecule has 4 heteroatoms. The number of aryl methyl sites for hydroxylation is 1. The van der Waals surface area contributed by atoms with E-state index in [0.717, 1.165) is 11.3 Å². The van der Waals surface area contributed by atoms with Crippen LogP contribution in [0.3, 0.4) is 0 Å². The molecule has 0 saturated heterocycles. The molecule has 0 bridgehead atoms. The second-order valence-electron chi connectivity index (χ2n) is 4.10. The summed E-state index contributed by atoms with van der Waals surface area (Å²) in [6, 6.07) is 2.18. The highest BCUT2D eigenvalue weighted by atomic mass is 32.1. The van der Waals surface area contributed by atoms with E-state index in [-0.39, 0.29) is 0 Å². The van der Waals surface area contributed by atoms with E-state index in [1.807, 2.05) is 0 Å². The SMILES string of the molecule is Cc1cc(-c2[nH]cnc(=S)c2C(C)C)cs1. The van der Waals surface area contributed by atoms with Crippen molar-refractivity contribution in [1.82, 2.24) is 9.97 Å². The van der Waals surface area contributed by atoms with Crippen molar-refractivity contribution < 1.29 is 0 Å². The van der Waals surface area contributed by atoms with Gasteiger partial charge in [0.25, 0.3) is 0 Å². The standard InChI is InChI=1S/C12H14N2S2/c1-7(2)10-11(13-6-14-12(10)15)9-4-8(3)16-5-9/h4-7H,1-3H3,(H,13,14,15). The molecule has 0 fully saturated rings. The number of rotatable bonds is 2. The molecule has 1 N–H and O–H groups in total. The number of nitrogens with zero attached hydrogens (tertiary/aromatic N) is 1. The van der Waals surface area contributed by atoms with Crippen LogP contribution in [0.4, 0.5) is 0 Å². The molecular formula is C12H14N2S2. The van der Waals surface area contributed by atoms with Crippen LogP contribution in [0.15, 0.2) is 17.8 Å². The van der Waals surface area contributed by atoms with Crippen molar-refractivity contribution in [3.05, 3.63) is 32.9 Å². The van der Waals surface area contributed by atoms with Crippen molar-refractivity contribution in [3.8, 4) is 11.3 Å². The monoisotopic (exact) mass is 250 g/mol. The number of aromatic nitrogens is 2. The Morgan fingerprint density at radius 2 is 2.19 bits per heavy atom. The predicted octanol–water partition coefficient (Wildman–Crippen LogP) is 4.30. The Morgan fingerprint density at radius 1 is 1.44 bits per heavy atom. The molecule has 2 aromatic heterocycles. The summed E-state index contributed by atoms with van der Waals surface area (Å²) in [6.45, 7) is 6.39. The number of nitrogens with one attached hydrogen (secondary N) is 1. The van der Waals surface area contributed by atoms with Crippen LogP contribution in [0, 0.1) is 11.6 Å². The molecule has 0 unspecified atom stereocenters. The van der Waals surface area contributed by atoms with E-state index in [0.29, 0.717) is 10.6 Å². The molecule has 0 saturated carbocycles. The molecule has 0 aliphatic rings. The van der Waals surface area contributed by atoms with E-state index < -0.39 is 0 Å². The molecule has 16 heavy (non-hydrogen) atoms. The third-order valence-electron chi connectivity index (χ3n) is 2.49. The number of aromatic amines is 1. The van der Waals surface area contributed by atoms with Gasteiger partial charge in [0.15, 0.2) is 0 Å². The maximum Gasteiger partial charge on any atom is 0.133 e. The highest BCUT2D eigenvalue weighted by Gasteiger charge is 2.12. The minimum Gasteiger partial charge on any atom is -0.345 e. The highest BCUT2D eigenvalue weighted by molar-refractivity contribution is 7.71. The molecule has 2 aromatic rings. The number of H-pyrrole nitrogens is 1. The van der Waals surface area contributed by atoms with Crippen LogP contribution in [0.2, 0.25) is 0 Å². The fourth-order valence-electron chi connectivity index (χ4n) is 1.76. The van der Waals surface area contributed by atoms with Crippen LogP contribution in [-0.4, -0.2) is 9.97 Å². The molecule has 0 aliphatic heterocycles. The molecule has 0 atom stereocenters. The third kappa shape index (κ3) is 2.08. The summed E-state index contributed by atoms with van der Waals surface area (Å²) in [5.74, 6) is 0.382. The van der Waals surface area contributed by atoms with Crippen molar-refractivity contribution in [2.75, 3.05) is 0 Å². The summed E-state index contributed by atoms with van der Waals surface area (Å²) in [5, 5.41) is 2.15. The normalized spacial score (nSPS) is 11.0. The fourth-order valence-corrected chi connectivity index (χ4v) is 2.84. The summed E-state index contributed by atoms with van der Waals surface area (Å²) in [6.07, 6.45) is 1.68. The van der Waals surface area contributed by atoms with Crippen molar-refractivity contribution in [3.63, 3.8) is 0 Å². The number of hydrogen-bond donors (Lipinski definition) is 1. The second-order valence-corrected chi connectivity index (χ2v) is 5.60. The zero-order valence-corrected chi connectivity index (χ0v) is 11.2.